The number of rotatable bonds is 8. The summed E-state index contributed by atoms with van der Waals surface area (Å²) < 4.78 is 9.61. The third-order valence-corrected chi connectivity index (χ3v) is 3.17. The van der Waals surface area contributed by atoms with Crippen molar-refractivity contribution in [2.24, 2.45) is 5.41 Å². The Morgan fingerprint density at radius 1 is 1.09 bits per heavy atom. The van der Waals surface area contributed by atoms with Gasteiger partial charge in [-0.05, 0) is 11.0 Å². The summed E-state index contributed by atoms with van der Waals surface area (Å²) in [4.78, 5) is 34.7. The number of carbonyl (C=O) groups excluding carboxylic acids is 3. The number of ether oxygens (including phenoxy) is 2. The highest BCUT2D eigenvalue weighted by Crippen LogP contribution is 2.25. The van der Waals surface area contributed by atoms with Gasteiger partial charge in [-0.3, -0.25) is 9.59 Å². The molecule has 0 radical (unpaired) electrons. The zero-order valence-corrected chi connectivity index (χ0v) is 13.8. The van der Waals surface area contributed by atoms with Gasteiger partial charge in [0.25, 0.3) is 0 Å². The largest absolute Gasteiger partial charge is 0.469 e. The van der Waals surface area contributed by atoms with Crippen molar-refractivity contribution in [3.8, 4) is 0 Å². The first-order chi connectivity index (χ1) is 10.8. The maximum atomic E-state index is 11.9. The Balaban J connectivity index is 2.29. The van der Waals surface area contributed by atoms with Crippen molar-refractivity contribution in [1.29, 1.82) is 0 Å². The van der Waals surface area contributed by atoms with E-state index in [1.165, 1.54) is 7.11 Å². The summed E-state index contributed by atoms with van der Waals surface area (Å²) in [5.74, 6) is -0.534. The summed E-state index contributed by atoms with van der Waals surface area (Å²) in [6.07, 6.45) is -0.331. The summed E-state index contributed by atoms with van der Waals surface area (Å²) in [5, 5.41) is 2.42. The standard InChI is InChI=1S/C17H23NO5/c1-17(2,10-15(20)22-3)9-14(19)11-18-16(21)23-12-13-7-5-4-6-8-13/h4-8H,9-12H2,1-3H3,(H,18,21). The molecule has 0 bridgehead atoms. The maximum Gasteiger partial charge on any atom is 0.407 e. The van der Waals surface area contributed by atoms with Crippen molar-refractivity contribution in [3.05, 3.63) is 35.9 Å². The van der Waals surface area contributed by atoms with Gasteiger partial charge in [0, 0.05) is 6.42 Å². The van der Waals surface area contributed by atoms with E-state index in [1.807, 2.05) is 30.3 Å². The first-order valence-electron chi connectivity index (χ1n) is 7.35. The van der Waals surface area contributed by atoms with Crippen molar-refractivity contribution in [3.63, 3.8) is 0 Å². The van der Waals surface area contributed by atoms with Gasteiger partial charge in [0.15, 0.2) is 5.78 Å². The smallest absolute Gasteiger partial charge is 0.407 e. The molecule has 1 N–H and O–H groups in total. The van der Waals surface area contributed by atoms with Gasteiger partial charge in [-0.15, -0.1) is 0 Å². The quantitative estimate of drug-likeness (QED) is 0.744. The average molecular weight is 321 g/mol. The molecule has 6 nitrogen and oxygen atoms in total. The number of ketones is 1. The molecule has 0 aliphatic carbocycles. The minimum absolute atomic E-state index is 0.127. The number of Topliss-reactive ketones (excluding diaryl/α,β-unsaturated/α-hetero) is 1. The Morgan fingerprint density at radius 2 is 1.74 bits per heavy atom. The van der Waals surface area contributed by atoms with Crippen LogP contribution in [0.25, 0.3) is 0 Å². The lowest BCUT2D eigenvalue weighted by Crippen LogP contribution is -2.32. The molecule has 0 aromatic heterocycles. The first kappa shape index (κ1) is 18.7. The van der Waals surface area contributed by atoms with E-state index < -0.39 is 11.5 Å². The summed E-state index contributed by atoms with van der Waals surface area (Å²) in [7, 11) is 1.31. The predicted molar refractivity (Wildman–Crippen MR) is 84.7 cm³/mol. The van der Waals surface area contributed by atoms with Crippen LogP contribution in [-0.4, -0.2) is 31.5 Å². The molecule has 0 aliphatic rings. The lowest BCUT2D eigenvalue weighted by Gasteiger charge is -2.22. The maximum absolute atomic E-state index is 11.9. The van der Waals surface area contributed by atoms with Gasteiger partial charge >= 0.3 is 12.1 Å². The van der Waals surface area contributed by atoms with Crippen LogP contribution in [0.3, 0.4) is 0 Å². The fourth-order valence-electron chi connectivity index (χ4n) is 2.07. The lowest BCUT2D eigenvalue weighted by molar-refractivity contribution is -0.143. The summed E-state index contributed by atoms with van der Waals surface area (Å²) in [6, 6.07) is 9.26. The first-order valence-corrected chi connectivity index (χ1v) is 7.35. The van der Waals surface area contributed by atoms with Crippen molar-refractivity contribution in [2.75, 3.05) is 13.7 Å². The van der Waals surface area contributed by atoms with E-state index in [0.29, 0.717) is 0 Å². The molecule has 0 saturated heterocycles. The van der Waals surface area contributed by atoms with Crippen LogP contribution in [0, 0.1) is 5.41 Å². The van der Waals surface area contributed by atoms with Crippen LogP contribution in [0.4, 0.5) is 4.79 Å². The molecule has 0 spiro atoms. The van der Waals surface area contributed by atoms with Crippen LogP contribution in [0.5, 0.6) is 0 Å². The molecule has 0 heterocycles. The third-order valence-electron chi connectivity index (χ3n) is 3.17. The summed E-state index contributed by atoms with van der Waals surface area (Å²) in [6.45, 7) is 3.62. The summed E-state index contributed by atoms with van der Waals surface area (Å²) >= 11 is 0. The number of hydrogen-bond donors (Lipinski definition) is 1. The normalized spacial score (nSPS) is 10.7. The molecule has 23 heavy (non-hydrogen) atoms. The van der Waals surface area contributed by atoms with E-state index in [-0.39, 0.29) is 37.7 Å². The Labute approximate surface area is 136 Å². The van der Waals surface area contributed by atoms with Gasteiger partial charge in [-0.1, -0.05) is 44.2 Å². The zero-order chi connectivity index (χ0) is 17.3. The molecule has 0 fully saturated rings. The molecular formula is C17H23NO5. The Bertz CT molecular complexity index is 539. The van der Waals surface area contributed by atoms with Crippen LogP contribution in [0.15, 0.2) is 30.3 Å². The molecule has 1 rings (SSSR count). The number of carbonyl (C=O) groups is 3. The van der Waals surface area contributed by atoms with Gasteiger partial charge in [0.1, 0.15) is 6.61 Å². The average Bonchev–Trinajstić information content (AvgIpc) is 2.50. The van der Waals surface area contributed by atoms with E-state index in [0.717, 1.165) is 5.56 Å². The monoisotopic (exact) mass is 321 g/mol. The van der Waals surface area contributed by atoms with Crippen LogP contribution < -0.4 is 5.32 Å². The van der Waals surface area contributed by atoms with Gasteiger partial charge in [-0.25, -0.2) is 4.79 Å². The van der Waals surface area contributed by atoms with Crippen molar-refractivity contribution in [1.82, 2.24) is 5.32 Å². The molecule has 0 unspecified atom stereocenters. The molecule has 0 aliphatic heterocycles. The third kappa shape index (κ3) is 7.99. The van der Waals surface area contributed by atoms with Gasteiger partial charge in [0.05, 0.1) is 20.1 Å². The SMILES string of the molecule is COC(=O)CC(C)(C)CC(=O)CNC(=O)OCc1ccccc1. The van der Waals surface area contributed by atoms with Crippen LogP contribution in [0.2, 0.25) is 0 Å². The number of alkyl carbamates (subject to hydrolysis) is 1. The van der Waals surface area contributed by atoms with Crippen molar-refractivity contribution >= 4 is 17.8 Å². The minimum Gasteiger partial charge on any atom is -0.469 e. The number of amides is 1. The van der Waals surface area contributed by atoms with Gasteiger partial charge < -0.3 is 14.8 Å². The van der Waals surface area contributed by atoms with Gasteiger partial charge in [0.2, 0.25) is 0 Å². The highest BCUT2D eigenvalue weighted by atomic mass is 16.5. The van der Waals surface area contributed by atoms with Crippen LogP contribution >= 0.6 is 0 Å². The molecular weight excluding hydrogens is 298 g/mol. The van der Waals surface area contributed by atoms with Crippen LogP contribution in [0.1, 0.15) is 32.3 Å². The number of hydrogen-bond acceptors (Lipinski definition) is 5. The number of methoxy groups -OCH3 is 1. The molecule has 0 atom stereocenters. The zero-order valence-electron chi connectivity index (χ0n) is 13.8. The Kier molecular flexibility index (Phi) is 7.25. The second-order valence-electron chi connectivity index (χ2n) is 6.05. The van der Waals surface area contributed by atoms with Crippen LogP contribution in [-0.2, 0) is 25.7 Å². The number of benzene rings is 1. The van der Waals surface area contributed by atoms with Crippen molar-refractivity contribution < 1.29 is 23.9 Å². The number of esters is 1. The Hall–Kier alpha value is -2.37. The van der Waals surface area contributed by atoms with Crippen molar-refractivity contribution in [2.45, 2.75) is 33.3 Å². The minimum atomic E-state index is -0.645. The molecule has 126 valence electrons. The number of nitrogens with one attached hydrogen (secondary N) is 1. The topological polar surface area (TPSA) is 81.7 Å². The summed E-state index contributed by atoms with van der Waals surface area (Å²) in [5.41, 5.74) is 0.355. The van der Waals surface area contributed by atoms with E-state index in [9.17, 15) is 14.4 Å². The lowest BCUT2D eigenvalue weighted by atomic mass is 9.84. The van der Waals surface area contributed by atoms with E-state index in [1.54, 1.807) is 13.8 Å². The molecule has 0 saturated carbocycles. The van der Waals surface area contributed by atoms with E-state index >= 15 is 0 Å². The molecule has 1 amide bonds. The molecule has 1 aromatic carbocycles. The second-order valence-corrected chi connectivity index (χ2v) is 6.05. The predicted octanol–water partition coefficient (Wildman–Crippen LogP) is 2.46. The van der Waals surface area contributed by atoms with E-state index in [2.05, 4.69) is 10.1 Å². The van der Waals surface area contributed by atoms with E-state index in [4.69, 9.17) is 4.74 Å². The molecule has 6 heteroatoms. The fourth-order valence-corrected chi connectivity index (χ4v) is 2.07. The highest BCUT2D eigenvalue weighted by molar-refractivity contribution is 5.85. The fraction of sp³-hybridized carbons (Fsp3) is 0.471. The Morgan fingerprint density at radius 3 is 2.35 bits per heavy atom. The molecule has 1 aromatic rings. The second kappa shape index (κ2) is 8.92. The highest BCUT2D eigenvalue weighted by Gasteiger charge is 2.25. The van der Waals surface area contributed by atoms with Gasteiger partial charge in [-0.2, -0.15) is 0 Å².